The third-order valence-corrected chi connectivity index (χ3v) is 11.1. The largest absolute Gasteiger partial charge is 0.456 e. The summed E-state index contributed by atoms with van der Waals surface area (Å²) >= 11 is 0. The van der Waals surface area contributed by atoms with Gasteiger partial charge >= 0.3 is 0 Å². The van der Waals surface area contributed by atoms with E-state index in [2.05, 4.69) is 127 Å². The molecule has 6 aromatic carbocycles. The summed E-state index contributed by atoms with van der Waals surface area (Å²) in [5.41, 5.74) is 15.0. The highest BCUT2D eigenvalue weighted by Crippen LogP contribution is 2.50. The van der Waals surface area contributed by atoms with Gasteiger partial charge in [-0.3, -0.25) is 0 Å². The molecule has 0 N–H and O–H groups in total. The quantitative estimate of drug-likeness (QED) is 0.182. The third-order valence-electron chi connectivity index (χ3n) is 11.1. The number of hydrogen-bond acceptors (Lipinski definition) is 4. The van der Waals surface area contributed by atoms with E-state index in [0.717, 1.165) is 75.7 Å². The van der Waals surface area contributed by atoms with Crippen LogP contribution in [-0.4, -0.2) is 15.0 Å². The molecule has 53 heavy (non-hydrogen) atoms. The lowest BCUT2D eigenvalue weighted by atomic mass is 9.89. The smallest absolute Gasteiger partial charge is 0.164 e. The molecule has 0 unspecified atom stereocenters. The minimum atomic E-state index is 0.642. The molecule has 2 heterocycles. The van der Waals surface area contributed by atoms with Gasteiger partial charge in [0.15, 0.2) is 17.5 Å². The van der Waals surface area contributed by atoms with Crippen molar-refractivity contribution in [3.05, 3.63) is 169 Å². The van der Waals surface area contributed by atoms with Crippen LogP contribution in [0.4, 0.5) is 0 Å². The van der Waals surface area contributed by atoms with E-state index in [4.69, 9.17) is 19.4 Å². The Bertz CT molecular complexity index is 2910. The first-order valence-corrected chi connectivity index (χ1v) is 18.5. The Balaban J connectivity index is 1.12. The van der Waals surface area contributed by atoms with Crippen LogP contribution in [0.1, 0.15) is 31.5 Å². The van der Waals surface area contributed by atoms with Crippen molar-refractivity contribution in [2.75, 3.05) is 0 Å². The molecule has 0 atom stereocenters. The summed E-state index contributed by atoms with van der Waals surface area (Å²) in [6.45, 7) is 0. The van der Waals surface area contributed by atoms with E-state index in [-0.39, 0.29) is 0 Å². The van der Waals surface area contributed by atoms with Gasteiger partial charge in [-0.25, -0.2) is 15.0 Å². The Hall–Kier alpha value is -6.65. The van der Waals surface area contributed by atoms with Crippen LogP contribution in [0.3, 0.4) is 0 Å². The second-order valence-electron chi connectivity index (χ2n) is 14.1. The first-order valence-electron chi connectivity index (χ1n) is 18.5. The van der Waals surface area contributed by atoms with Crippen LogP contribution in [0.5, 0.6) is 0 Å². The van der Waals surface area contributed by atoms with Crippen LogP contribution >= 0.6 is 0 Å². The molecule has 0 bridgehead atoms. The molecule has 250 valence electrons. The zero-order valence-electron chi connectivity index (χ0n) is 29.0. The highest BCUT2D eigenvalue weighted by molar-refractivity contribution is 6.23. The van der Waals surface area contributed by atoms with Crippen molar-refractivity contribution in [3.8, 4) is 56.2 Å². The summed E-state index contributed by atoms with van der Waals surface area (Å²) in [5.74, 6) is 2.03. The summed E-state index contributed by atoms with van der Waals surface area (Å²) in [5, 5.41) is 4.62. The van der Waals surface area contributed by atoms with E-state index in [9.17, 15) is 0 Å². The molecule has 0 radical (unpaired) electrons. The van der Waals surface area contributed by atoms with Gasteiger partial charge in [0, 0.05) is 21.9 Å². The summed E-state index contributed by atoms with van der Waals surface area (Å²) in [7, 11) is 0. The first-order chi connectivity index (χ1) is 26.3. The molecular weight excluding hydrogens is 647 g/mol. The van der Waals surface area contributed by atoms with Gasteiger partial charge in [-0.05, 0) is 98.7 Å². The second kappa shape index (κ2) is 12.0. The number of hydrogen-bond donors (Lipinski definition) is 0. The Labute approximate surface area is 307 Å². The van der Waals surface area contributed by atoms with Crippen molar-refractivity contribution >= 4 is 38.3 Å². The number of nitrogens with zero attached hydrogens (tertiary/aromatic N) is 3. The van der Waals surface area contributed by atoms with Crippen molar-refractivity contribution < 1.29 is 4.42 Å². The topological polar surface area (TPSA) is 51.8 Å². The molecule has 0 saturated heterocycles. The predicted molar refractivity (Wildman–Crippen MR) is 217 cm³/mol. The predicted octanol–water partition coefficient (Wildman–Crippen LogP) is 13.0. The third kappa shape index (κ3) is 4.79. The van der Waals surface area contributed by atoms with Gasteiger partial charge in [0.25, 0.3) is 0 Å². The van der Waals surface area contributed by atoms with Crippen LogP contribution in [0.15, 0.2) is 167 Å². The summed E-state index contributed by atoms with van der Waals surface area (Å²) < 4.78 is 6.63. The van der Waals surface area contributed by atoms with Gasteiger partial charge in [0.2, 0.25) is 0 Å². The second-order valence-corrected chi connectivity index (χ2v) is 14.1. The van der Waals surface area contributed by atoms with Crippen LogP contribution in [0.2, 0.25) is 0 Å². The van der Waals surface area contributed by atoms with Gasteiger partial charge in [-0.2, -0.15) is 0 Å². The molecule has 2 aromatic heterocycles. The number of benzene rings is 6. The highest BCUT2D eigenvalue weighted by atomic mass is 16.3. The fraction of sp³-hybridized carbons (Fsp3) is 0.0816. The van der Waals surface area contributed by atoms with Gasteiger partial charge < -0.3 is 4.42 Å². The number of fused-ring (bicyclic) bond motifs is 6. The zero-order chi connectivity index (χ0) is 34.9. The first kappa shape index (κ1) is 30.0. The molecule has 8 aromatic rings. The van der Waals surface area contributed by atoms with Gasteiger partial charge in [0.1, 0.15) is 11.2 Å². The fourth-order valence-corrected chi connectivity index (χ4v) is 8.64. The van der Waals surface area contributed by atoms with Gasteiger partial charge in [0.05, 0.1) is 0 Å². The number of aromatic nitrogens is 3. The highest BCUT2D eigenvalue weighted by Gasteiger charge is 2.25. The van der Waals surface area contributed by atoms with E-state index in [1.54, 1.807) is 0 Å². The average molecular weight is 680 g/mol. The van der Waals surface area contributed by atoms with Gasteiger partial charge in [-0.15, -0.1) is 0 Å². The molecule has 0 fully saturated rings. The molecule has 11 rings (SSSR count). The van der Waals surface area contributed by atoms with E-state index in [1.165, 1.54) is 49.7 Å². The monoisotopic (exact) mass is 679 g/mol. The maximum absolute atomic E-state index is 6.63. The molecule has 4 nitrogen and oxygen atoms in total. The Morgan fingerprint density at radius 3 is 1.74 bits per heavy atom. The lowest BCUT2D eigenvalue weighted by molar-refractivity contribution is 0.669. The Morgan fingerprint density at radius 1 is 0.396 bits per heavy atom. The molecular formula is C49H33N3O. The van der Waals surface area contributed by atoms with Crippen LogP contribution < -0.4 is 0 Å². The Kier molecular flexibility index (Phi) is 6.78. The number of allylic oxidation sites excluding steroid dienone is 8. The lowest BCUT2D eigenvalue weighted by Gasteiger charge is -2.18. The summed E-state index contributed by atoms with van der Waals surface area (Å²) in [6, 6.07) is 42.8. The van der Waals surface area contributed by atoms with E-state index in [1.807, 2.05) is 24.3 Å². The molecule has 0 amide bonds. The SMILES string of the molecule is C1=CCCC(C2=CC=C(c3nc(-c4ccccc4)nc(-c4cccc5oc6cccc(-c7ccc8c9c(cccc79)-c7ccccc7-8)c6c45)n3)CC2)=C1. The van der Waals surface area contributed by atoms with E-state index >= 15 is 0 Å². The molecule has 0 saturated carbocycles. The minimum Gasteiger partial charge on any atom is -0.456 e. The van der Waals surface area contributed by atoms with E-state index < -0.39 is 0 Å². The molecule has 3 aliphatic carbocycles. The fourth-order valence-electron chi connectivity index (χ4n) is 8.64. The van der Waals surface area contributed by atoms with E-state index in [0.29, 0.717) is 11.6 Å². The summed E-state index contributed by atoms with van der Waals surface area (Å²) in [4.78, 5) is 15.5. The van der Waals surface area contributed by atoms with Crippen LogP contribution in [0, 0.1) is 0 Å². The van der Waals surface area contributed by atoms with Crippen LogP contribution in [-0.2, 0) is 0 Å². The van der Waals surface area contributed by atoms with Crippen molar-refractivity contribution in [2.24, 2.45) is 0 Å². The maximum Gasteiger partial charge on any atom is 0.164 e. The number of rotatable bonds is 5. The summed E-state index contributed by atoms with van der Waals surface area (Å²) in [6.07, 6.45) is 15.2. The normalized spacial score (nSPS) is 14.8. The lowest BCUT2D eigenvalue weighted by Crippen LogP contribution is -2.05. The maximum atomic E-state index is 6.63. The zero-order valence-corrected chi connectivity index (χ0v) is 29.0. The Morgan fingerprint density at radius 2 is 0.981 bits per heavy atom. The molecule has 4 heteroatoms. The number of furan rings is 1. The van der Waals surface area contributed by atoms with Crippen molar-refractivity contribution in [1.29, 1.82) is 0 Å². The molecule has 3 aliphatic rings. The molecule has 0 spiro atoms. The van der Waals surface area contributed by atoms with Crippen LogP contribution in [0.25, 0.3) is 94.4 Å². The standard InChI is InChI=1S/C49H33N3O/c1-3-12-30(13-4-1)31-24-26-33(27-25-31)48-50-47(32-14-5-2-6-15-32)51-49(52-48)41-21-11-23-43-46(41)45-39(20-10-22-42(45)53-43)36-28-29-40-35-17-8-7-16-34(35)37-18-9-19-38(36)44(37)40/h1-3,5-12,14-24,26,28-29H,4,13,25,27H2. The van der Waals surface area contributed by atoms with Crippen molar-refractivity contribution in [1.82, 2.24) is 15.0 Å². The molecule has 0 aliphatic heterocycles. The van der Waals surface area contributed by atoms with Crippen molar-refractivity contribution in [2.45, 2.75) is 25.7 Å². The van der Waals surface area contributed by atoms with Gasteiger partial charge in [-0.1, -0.05) is 140 Å². The van der Waals surface area contributed by atoms with Crippen molar-refractivity contribution in [3.63, 3.8) is 0 Å². The minimum absolute atomic E-state index is 0.642. The average Bonchev–Trinajstić information content (AvgIpc) is 3.79.